The third-order valence-corrected chi connectivity index (χ3v) is 8.73. The van der Waals surface area contributed by atoms with Gasteiger partial charge in [0, 0.05) is 35.7 Å². The molecule has 1 aliphatic rings. The lowest BCUT2D eigenvalue weighted by atomic mass is 9.92. The number of halogens is 3. The molecule has 0 saturated carbocycles. The summed E-state index contributed by atoms with van der Waals surface area (Å²) in [7, 11) is -9.77. The molecule has 1 atom stereocenters. The molecule has 0 fully saturated rings. The lowest BCUT2D eigenvalue weighted by Gasteiger charge is -2.31. The minimum Gasteiger partial charge on any atom is -0.324 e. The zero-order chi connectivity index (χ0) is 29.9. The summed E-state index contributed by atoms with van der Waals surface area (Å²) in [4.78, 5) is 24.8. The van der Waals surface area contributed by atoms with Gasteiger partial charge in [-0.3, -0.25) is 9.55 Å². The van der Waals surface area contributed by atoms with Gasteiger partial charge in [0.05, 0.1) is 6.42 Å². The van der Waals surface area contributed by atoms with Crippen LogP contribution in [-0.4, -0.2) is 33.9 Å². The Hall–Kier alpha value is -3.15. The van der Waals surface area contributed by atoms with Crippen LogP contribution in [0.15, 0.2) is 79.3 Å². The molecule has 4 rings (SSSR count). The standard InChI is InChI=1S/C26H27N2O3P.CH2F3NO2S/c1-19-15-20(2)25(21(3)16-19)28-14-9-23(22-7-12-27-13-8-22)17-24(28)18-26(32(29,30)31)10-5-4-6-11-26;2-1(3,4)8(5,6)7/h4-10,12-17H,11,18H2,1-3H3,(H-,29,30,31);(H2,5,6,7)/p+1. The molecule has 4 N–H and O–H groups in total. The van der Waals surface area contributed by atoms with Gasteiger partial charge in [0.25, 0.3) is 0 Å². The molecule has 0 spiro atoms. The average molecular weight is 597 g/mol. The van der Waals surface area contributed by atoms with E-state index in [2.05, 4.69) is 47.6 Å². The van der Waals surface area contributed by atoms with Crippen molar-refractivity contribution in [3.63, 3.8) is 0 Å². The maximum absolute atomic E-state index is 12.7. The minimum atomic E-state index is -5.34. The van der Waals surface area contributed by atoms with Crippen LogP contribution in [0, 0.1) is 20.8 Å². The van der Waals surface area contributed by atoms with E-state index in [0.29, 0.717) is 6.42 Å². The fraction of sp³-hybridized carbons (Fsp3) is 0.259. The Kier molecular flexibility index (Phi) is 9.22. The summed E-state index contributed by atoms with van der Waals surface area (Å²) in [5.41, 5.74) is 2.00. The zero-order valence-electron chi connectivity index (χ0n) is 22.0. The van der Waals surface area contributed by atoms with E-state index in [1.807, 2.05) is 42.6 Å². The number of rotatable bonds is 5. The summed E-state index contributed by atoms with van der Waals surface area (Å²) in [6.07, 6.45) is 13.1. The Morgan fingerprint density at radius 2 is 1.60 bits per heavy atom. The molecule has 8 nitrogen and oxygen atoms in total. The third-order valence-electron chi connectivity index (χ3n) is 6.44. The van der Waals surface area contributed by atoms with Crippen molar-refractivity contribution in [1.82, 2.24) is 4.98 Å². The maximum Gasteiger partial charge on any atom is 0.511 e. The number of nitrogens with two attached hydrogens (primary N) is 1. The molecule has 1 aromatic carbocycles. The SMILES string of the molecule is Cc1cc(C)c(-[n+]2ccc(-c3ccncc3)cc2CC2(P(=O)(O)O)C=CC=CC2)c(C)c1.NS(=O)(=O)C(F)(F)F. The molecule has 2 heterocycles. The van der Waals surface area contributed by atoms with Crippen molar-refractivity contribution in [2.75, 3.05) is 0 Å². The Bertz CT molecular complexity index is 1580. The van der Waals surface area contributed by atoms with Crippen molar-refractivity contribution in [1.29, 1.82) is 0 Å². The van der Waals surface area contributed by atoms with Crippen molar-refractivity contribution < 1.29 is 40.5 Å². The molecule has 0 aliphatic heterocycles. The first-order valence-corrected chi connectivity index (χ1v) is 15.1. The normalized spacial score (nSPS) is 17.3. The highest BCUT2D eigenvalue weighted by atomic mass is 32.2. The number of benzene rings is 1. The number of nitrogens with zero attached hydrogens (tertiary/aromatic N) is 2. The second-order valence-corrected chi connectivity index (χ2v) is 13.1. The average Bonchev–Trinajstić information content (AvgIpc) is 2.84. The van der Waals surface area contributed by atoms with Crippen molar-refractivity contribution in [3.05, 3.63) is 102 Å². The van der Waals surface area contributed by atoms with Gasteiger partial charge in [0.1, 0.15) is 5.16 Å². The van der Waals surface area contributed by atoms with Gasteiger partial charge in [-0.25, -0.2) is 13.6 Å². The fourth-order valence-corrected chi connectivity index (χ4v) is 5.59. The van der Waals surface area contributed by atoms with Crippen LogP contribution >= 0.6 is 7.60 Å². The topological polar surface area (TPSA) is 134 Å². The predicted molar refractivity (Wildman–Crippen MR) is 146 cm³/mol. The first-order chi connectivity index (χ1) is 18.5. The van der Waals surface area contributed by atoms with Crippen molar-refractivity contribution in [2.24, 2.45) is 5.14 Å². The van der Waals surface area contributed by atoms with Gasteiger partial charge in [-0.1, -0.05) is 29.9 Å². The van der Waals surface area contributed by atoms with Gasteiger partial charge < -0.3 is 9.79 Å². The molecule has 40 heavy (non-hydrogen) atoms. The Labute approximate surface area is 230 Å². The Morgan fingerprint density at radius 1 is 1.02 bits per heavy atom. The number of alkyl halides is 3. The summed E-state index contributed by atoms with van der Waals surface area (Å²) < 4.78 is 65.9. The van der Waals surface area contributed by atoms with Gasteiger partial charge in [0.2, 0.25) is 5.69 Å². The highest BCUT2D eigenvalue weighted by Gasteiger charge is 2.47. The summed E-state index contributed by atoms with van der Waals surface area (Å²) in [6, 6.07) is 12.2. The van der Waals surface area contributed by atoms with Crippen LogP contribution in [0.25, 0.3) is 16.8 Å². The molecule has 0 bridgehead atoms. The van der Waals surface area contributed by atoms with E-state index in [-0.39, 0.29) is 6.42 Å². The predicted octanol–water partition coefficient (Wildman–Crippen LogP) is 4.72. The largest absolute Gasteiger partial charge is 0.511 e. The van der Waals surface area contributed by atoms with E-state index >= 15 is 0 Å². The third kappa shape index (κ3) is 7.13. The molecule has 2 aromatic heterocycles. The van der Waals surface area contributed by atoms with Crippen LogP contribution in [-0.2, 0) is 21.0 Å². The minimum absolute atomic E-state index is 0.212. The van der Waals surface area contributed by atoms with Gasteiger partial charge >= 0.3 is 23.1 Å². The first-order valence-electron chi connectivity index (χ1n) is 12.0. The molecule has 13 heteroatoms. The number of pyridine rings is 2. The van der Waals surface area contributed by atoms with Crippen molar-refractivity contribution >= 4 is 17.6 Å². The maximum atomic E-state index is 12.7. The molecular formula is C27H30F3N3O5PS+. The summed E-state index contributed by atoms with van der Waals surface area (Å²) in [5.74, 6) is 0. The number of hydrogen-bond donors (Lipinski definition) is 3. The number of aryl methyl sites for hydroxylation is 3. The molecule has 0 amide bonds. The molecule has 1 unspecified atom stereocenters. The van der Waals surface area contributed by atoms with E-state index in [4.69, 9.17) is 0 Å². The van der Waals surface area contributed by atoms with Crippen LogP contribution in [0.5, 0.6) is 0 Å². The van der Waals surface area contributed by atoms with E-state index in [1.54, 1.807) is 24.5 Å². The lowest BCUT2D eigenvalue weighted by Crippen LogP contribution is -2.42. The van der Waals surface area contributed by atoms with Crippen LogP contribution in [0.2, 0.25) is 0 Å². The van der Waals surface area contributed by atoms with Gasteiger partial charge in [-0.2, -0.15) is 17.7 Å². The fourth-order valence-electron chi connectivity index (χ4n) is 4.60. The molecule has 0 saturated heterocycles. The summed E-state index contributed by atoms with van der Waals surface area (Å²) in [6.45, 7) is 6.22. The lowest BCUT2D eigenvalue weighted by molar-refractivity contribution is -0.605. The molecule has 1 aliphatic carbocycles. The number of aromatic nitrogens is 2. The van der Waals surface area contributed by atoms with Crippen LogP contribution in [0.3, 0.4) is 0 Å². The smallest absolute Gasteiger partial charge is 0.324 e. The number of hydrogen-bond acceptors (Lipinski definition) is 4. The number of allylic oxidation sites excluding steroid dienone is 4. The second-order valence-electron chi connectivity index (χ2n) is 9.57. The van der Waals surface area contributed by atoms with Gasteiger partial charge in [-0.05, 0) is 62.6 Å². The van der Waals surface area contributed by atoms with E-state index in [9.17, 15) is 35.9 Å². The van der Waals surface area contributed by atoms with Crippen molar-refractivity contribution in [3.8, 4) is 16.8 Å². The van der Waals surface area contributed by atoms with Crippen molar-refractivity contribution in [2.45, 2.75) is 44.3 Å². The van der Waals surface area contributed by atoms with Gasteiger partial charge in [-0.15, -0.1) is 0 Å². The summed E-state index contributed by atoms with van der Waals surface area (Å²) in [5, 5.41) is 2.39. The first kappa shape index (κ1) is 31.4. The highest BCUT2D eigenvalue weighted by molar-refractivity contribution is 7.90. The highest BCUT2D eigenvalue weighted by Crippen LogP contribution is 2.56. The Balaban J connectivity index is 0.000000482. The summed E-state index contributed by atoms with van der Waals surface area (Å²) >= 11 is 0. The second kappa shape index (κ2) is 11.8. The van der Waals surface area contributed by atoms with Crippen LogP contribution in [0.1, 0.15) is 28.8 Å². The number of primary sulfonamides is 1. The quantitative estimate of drug-likeness (QED) is 0.288. The van der Waals surface area contributed by atoms with Crippen LogP contribution in [0.4, 0.5) is 13.2 Å². The van der Waals surface area contributed by atoms with E-state index in [1.165, 1.54) is 5.56 Å². The Morgan fingerprint density at radius 3 is 2.08 bits per heavy atom. The monoisotopic (exact) mass is 596 g/mol. The number of sulfonamides is 1. The van der Waals surface area contributed by atoms with Gasteiger partial charge in [0.15, 0.2) is 11.9 Å². The molecule has 214 valence electrons. The molecule has 0 radical (unpaired) electrons. The molecule has 3 aromatic rings. The zero-order valence-corrected chi connectivity index (χ0v) is 23.7. The van der Waals surface area contributed by atoms with Crippen LogP contribution < -0.4 is 9.71 Å². The molecular weight excluding hydrogens is 566 g/mol. The van der Waals surface area contributed by atoms with E-state index in [0.717, 1.165) is 33.6 Å². The van der Waals surface area contributed by atoms with E-state index < -0.39 is 28.3 Å².